The number of aryl methyl sites for hydroxylation is 1. The Balaban J connectivity index is 1.60. The van der Waals surface area contributed by atoms with Crippen LogP contribution in [0.15, 0.2) is 54.6 Å². The summed E-state index contributed by atoms with van der Waals surface area (Å²) in [6.45, 7) is 3.70. The van der Waals surface area contributed by atoms with E-state index < -0.39 is 0 Å². The normalized spacial score (nSPS) is 13.8. The molecule has 0 atom stereocenters. The molecule has 1 fully saturated rings. The Bertz CT molecular complexity index is 900. The second-order valence-electron chi connectivity index (χ2n) is 7.63. The summed E-state index contributed by atoms with van der Waals surface area (Å²) in [5, 5.41) is 0. The minimum atomic E-state index is -0.389. The van der Waals surface area contributed by atoms with Crippen LogP contribution in [0.2, 0.25) is 0 Å². The molecule has 0 unspecified atom stereocenters. The fourth-order valence-electron chi connectivity index (χ4n) is 3.41. The Morgan fingerprint density at radius 2 is 1.73 bits per heavy atom. The van der Waals surface area contributed by atoms with Crippen LogP contribution >= 0.6 is 0 Å². The molecule has 1 heterocycles. The Kier molecular flexibility index (Phi) is 6.82. The zero-order valence-corrected chi connectivity index (χ0v) is 17.3. The van der Waals surface area contributed by atoms with E-state index in [-0.39, 0.29) is 49.3 Å². The number of hydrogen-bond donors (Lipinski definition) is 0. The van der Waals surface area contributed by atoms with E-state index in [4.69, 9.17) is 0 Å². The molecule has 0 N–H and O–H groups in total. The molecular weight excluding hydrogens is 385 g/mol. The highest BCUT2D eigenvalue weighted by atomic mass is 19.1. The number of carbonyl (C=O) groups is 3. The van der Waals surface area contributed by atoms with Crippen LogP contribution in [-0.4, -0.2) is 53.3 Å². The summed E-state index contributed by atoms with van der Waals surface area (Å²) in [4.78, 5) is 42.3. The van der Waals surface area contributed by atoms with E-state index in [1.165, 1.54) is 34.1 Å². The standard InChI is InChI=1S/C23H26FN3O3/c1-17(2)26(21(28)13-8-18-6-4-3-5-7-18)15-22(29)25-14-23(30)27(16-25)20-11-9-19(24)10-12-20/h3-7,9-12,17H,8,13-16H2,1-2H3. The van der Waals surface area contributed by atoms with Crippen LogP contribution in [0, 0.1) is 5.82 Å². The van der Waals surface area contributed by atoms with Crippen molar-refractivity contribution in [2.75, 3.05) is 24.7 Å². The molecule has 3 amide bonds. The first-order chi connectivity index (χ1) is 14.3. The SMILES string of the molecule is CC(C)N(CC(=O)N1CC(=O)N(c2ccc(F)cc2)C1)C(=O)CCc1ccccc1. The number of hydrogen-bond acceptors (Lipinski definition) is 3. The van der Waals surface area contributed by atoms with Crippen molar-refractivity contribution in [2.24, 2.45) is 0 Å². The third-order valence-electron chi connectivity index (χ3n) is 5.15. The predicted molar refractivity (Wildman–Crippen MR) is 112 cm³/mol. The molecule has 1 saturated heterocycles. The van der Waals surface area contributed by atoms with Crippen LogP contribution in [0.3, 0.4) is 0 Å². The van der Waals surface area contributed by atoms with Gasteiger partial charge in [-0.3, -0.25) is 19.3 Å². The second kappa shape index (κ2) is 9.52. The van der Waals surface area contributed by atoms with Crippen LogP contribution in [0.1, 0.15) is 25.8 Å². The van der Waals surface area contributed by atoms with Crippen molar-refractivity contribution in [3.8, 4) is 0 Å². The van der Waals surface area contributed by atoms with Gasteiger partial charge in [-0.15, -0.1) is 0 Å². The Hall–Kier alpha value is -3.22. The van der Waals surface area contributed by atoms with Gasteiger partial charge in [-0.25, -0.2) is 4.39 Å². The second-order valence-corrected chi connectivity index (χ2v) is 7.63. The Labute approximate surface area is 175 Å². The van der Waals surface area contributed by atoms with Crippen molar-refractivity contribution in [2.45, 2.75) is 32.7 Å². The molecule has 0 bridgehead atoms. The maximum atomic E-state index is 13.1. The first-order valence-electron chi connectivity index (χ1n) is 10.0. The summed E-state index contributed by atoms with van der Waals surface area (Å²) in [6.07, 6.45) is 0.924. The maximum Gasteiger partial charge on any atom is 0.248 e. The number of rotatable bonds is 7. The fraction of sp³-hybridized carbons (Fsp3) is 0.348. The molecule has 3 rings (SSSR count). The van der Waals surface area contributed by atoms with Crippen molar-refractivity contribution in [1.29, 1.82) is 0 Å². The van der Waals surface area contributed by atoms with Gasteiger partial charge < -0.3 is 9.80 Å². The Morgan fingerprint density at radius 3 is 2.37 bits per heavy atom. The number of benzene rings is 2. The number of carbonyl (C=O) groups excluding carboxylic acids is 3. The van der Waals surface area contributed by atoms with Crippen molar-refractivity contribution in [3.63, 3.8) is 0 Å². The van der Waals surface area contributed by atoms with Crippen molar-refractivity contribution >= 4 is 23.4 Å². The molecule has 0 saturated carbocycles. The lowest BCUT2D eigenvalue weighted by Gasteiger charge is -2.28. The highest BCUT2D eigenvalue weighted by molar-refractivity contribution is 6.00. The summed E-state index contributed by atoms with van der Waals surface area (Å²) < 4.78 is 13.1. The molecule has 7 heteroatoms. The third-order valence-corrected chi connectivity index (χ3v) is 5.15. The largest absolute Gasteiger partial charge is 0.331 e. The van der Waals surface area contributed by atoms with Gasteiger partial charge in [0, 0.05) is 18.2 Å². The molecule has 2 aromatic rings. The molecule has 30 heavy (non-hydrogen) atoms. The smallest absolute Gasteiger partial charge is 0.248 e. The molecule has 158 valence electrons. The van der Waals surface area contributed by atoms with Crippen molar-refractivity contribution in [3.05, 3.63) is 66.0 Å². The summed E-state index contributed by atoms with van der Waals surface area (Å²) in [7, 11) is 0. The lowest BCUT2D eigenvalue weighted by atomic mass is 10.1. The van der Waals surface area contributed by atoms with Crippen molar-refractivity contribution in [1.82, 2.24) is 9.80 Å². The molecule has 1 aliphatic heterocycles. The lowest BCUT2D eigenvalue weighted by Crippen LogP contribution is -2.45. The Morgan fingerprint density at radius 1 is 1.07 bits per heavy atom. The van der Waals surface area contributed by atoms with Crippen LogP contribution in [0.5, 0.6) is 0 Å². The molecule has 0 radical (unpaired) electrons. The highest BCUT2D eigenvalue weighted by Crippen LogP contribution is 2.20. The molecule has 0 spiro atoms. The van der Waals surface area contributed by atoms with Gasteiger partial charge >= 0.3 is 0 Å². The number of amides is 3. The minimum absolute atomic E-state index is 0.0552. The average Bonchev–Trinajstić information content (AvgIpc) is 3.13. The fourth-order valence-corrected chi connectivity index (χ4v) is 3.41. The number of anilines is 1. The summed E-state index contributed by atoms with van der Waals surface area (Å²) >= 11 is 0. The molecule has 0 aliphatic carbocycles. The van der Waals surface area contributed by atoms with E-state index in [0.717, 1.165) is 5.56 Å². The summed E-state index contributed by atoms with van der Waals surface area (Å²) in [5.74, 6) is -1.00. The van der Waals surface area contributed by atoms with E-state index in [1.807, 2.05) is 44.2 Å². The molecule has 6 nitrogen and oxygen atoms in total. The van der Waals surface area contributed by atoms with Gasteiger partial charge in [0.2, 0.25) is 17.7 Å². The van der Waals surface area contributed by atoms with Gasteiger partial charge in [0.05, 0.1) is 0 Å². The highest BCUT2D eigenvalue weighted by Gasteiger charge is 2.33. The first-order valence-corrected chi connectivity index (χ1v) is 10.0. The molecule has 0 aromatic heterocycles. The predicted octanol–water partition coefficient (Wildman–Crippen LogP) is 2.83. The molecule has 1 aliphatic rings. The minimum Gasteiger partial charge on any atom is -0.331 e. The van der Waals surface area contributed by atoms with E-state index >= 15 is 0 Å². The van der Waals surface area contributed by atoms with Gasteiger partial charge in [0.15, 0.2) is 0 Å². The van der Waals surface area contributed by atoms with E-state index in [9.17, 15) is 18.8 Å². The van der Waals surface area contributed by atoms with E-state index in [2.05, 4.69) is 0 Å². The van der Waals surface area contributed by atoms with Gasteiger partial charge in [0.1, 0.15) is 25.6 Å². The van der Waals surface area contributed by atoms with Crippen LogP contribution in [0.4, 0.5) is 10.1 Å². The van der Waals surface area contributed by atoms with Crippen LogP contribution in [0.25, 0.3) is 0 Å². The lowest BCUT2D eigenvalue weighted by molar-refractivity contribution is -0.141. The van der Waals surface area contributed by atoms with Gasteiger partial charge in [-0.05, 0) is 50.1 Å². The molecular formula is C23H26FN3O3. The third kappa shape index (κ3) is 5.23. The quantitative estimate of drug-likeness (QED) is 0.704. The zero-order chi connectivity index (χ0) is 21.7. The van der Waals surface area contributed by atoms with Crippen LogP contribution in [-0.2, 0) is 20.8 Å². The first kappa shape index (κ1) is 21.5. The van der Waals surface area contributed by atoms with Crippen LogP contribution < -0.4 is 4.90 Å². The summed E-state index contributed by atoms with van der Waals surface area (Å²) in [5.41, 5.74) is 1.61. The van der Waals surface area contributed by atoms with Gasteiger partial charge in [-0.1, -0.05) is 30.3 Å². The van der Waals surface area contributed by atoms with Gasteiger partial charge in [-0.2, -0.15) is 0 Å². The van der Waals surface area contributed by atoms with Crippen molar-refractivity contribution < 1.29 is 18.8 Å². The van der Waals surface area contributed by atoms with E-state index in [0.29, 0.717) is 18.5 Å². The van der Waals surface area contributed by atoms with E-state index in [1.54, 1.807) is 4.90 Å². The summed E-state index contributed by atoms with van der Waals surface area (Å²) in [6, 6.07) is 15.2. The average molecular weight is 411 g/mol. The number of halogens is 1. The maximum absolute atomic E-state index is 13.1. The zero-order valence-electron chi connectivity index (χ0n) is 17.3. The topological polar surface area (TPSA) is 60.9 Å². The monoisotopic (exact) mass is 411 g/mol. The van der Waals surface area contributed by atoms with Gasteiger partial charge in [0.25, 0.3) is 0 Å². The molecule has 2 aromatic carbocycles. The number of nitrogens with zero attached hydrogens (tertiary/aromatic N) is 3.